The lowest BCUT2D eigenvalue weighted by molar-refractivity contribution is 0.482. The van der Waals surface area contributed by atoms with Crippen molar-refractivity contribution in [2.75, 3.05) is 13.1 Å². The van der Waals surface area contributed by atoms with Crippen molar-refractivity contribution in [3.63, 3.8) is 0 Å². The number of imidazole rings is 1. The maximum atomic E-state index is 13.3. The number of fused-ring (bicyclic) bond motifs is 1. The summed E-state index contributed by atoms with van der Waals surface area (Å²) in [6.07, 6.45) is 4.09. The van der Waals surface area contributed by atoms with Crippen molar-refractivity contribution in [3.05, 3.63) is 77.6 Å². The largest absolute Gasteiger partial charge is 0.457 e. The van der Waals surface area contributed by atoms with E-state index in [1.54, 1.807) is 15.3 Å². The van der Waals surface area contributed by atoms with Gasteiger partial charge >= 0.3 is 5.69 Å². The van der Waals surface area contributed by atoms with Gasteiger partial charge in [-0.05, 0) is 49.4 Å². The summed E-state index contributed by atoms with van der Waals surface area (Å²) in [5.74, 6) is 1.48. The van der Waals surface area contributed by atoms with E-state index in [0.717, 1.165) is 30.9 Å². The fourth-order valence-electron chi connectivity index (χ4n) is 3.69. The van der Waals surface area contributed by atoms with Gasteiger partial charge in [0.05, 0.1) is 17.9 Å². The monoisotopic (exact) mass is 373 g/mol. The molecule has 1 aliphatic rings. The zero-order chi connectivity index (χ0) is 18.9. The number of rotatable bonds is 4. The van der Waals surface area contributed by atoms with E-state index in [0.29, 0.717) is 16.9 Å². The normalized spacial score (nSPS) is 16.5. The average Bonchev–Trinajstić information content (AvgIpc) is 3.35. The van der Waals surface area contributed by atoms with E-state index in [4.69, 9.17) is 4.74 Å². The Kier molecular flexibility index (Phi) is 4.14. The fraction of sp³-hybridized carbons (Fsp3) is 0.190. The number of aromatic nitrogens is 4. The highest BCUT2D eigenvalue weighted by molar-refractivity contribution is 5.73. The molecule has 28 heavy (non-hydrogen) atoms. The van der Waals surface area contributed by atoms with Crippen molar-refractivity contribution in [3.8, 4) is 17.2 Å². The third-order valence-corrected chi connectivity index (χ3v) is 5.01. The Morgan fingerprint density at radius 2 is 1.82 bits per heavy atom. The molecule has 3 heterocycles. The molecule has 1 atom stereocenters. The first-order valence-electron chi connectivity index (χ1n) is 9.28. The van der Waals surface area contributed by atoms with Crippen LogP contribution in [-0.4, -0.2) is 32.2 Å². The van der Waals surface area contributed by atoms with Crippen LogP contribution in [0.1, 0.15) is 12.5 Å². The molecule has 0 aliphatic carbocycles. The van der Waals surface area contributed by atoms with Crippen LogP contribution in [0, 0.1) is 0 Å². The Labute approximate surface area is 161 Å². The molecule has 0 spiro atoms. The molecule has 1 N–H and O–H groups in total. The third-order valence-electron chi connectivity index (χ3n) is 5.01. The molecule has 2 aromatic carbocycles. The van der Waals surface area contributed by atoms with Crippen LogP contribution in [0.5, 0.6) is 11.5 Å². The topological polar surface area (TPSA) is 74.0 Å². The minimum absolute atomic E-state index is 0.0964. The van der Waals surface area contributed by atoms with Crippen LogP contribution in [0.3, 0.4) is 0 Å². The summed E-state index contributed by atoms with van der Waals surface area (Å²) in [6, 6.07) is 17.2. The molecule has 0 radical (unpaired) electrons. The van der Waals surface area contributed by atoms with E-state index in [-0.39, 0.29) is 11.7 Å². The zero-order valence-electron chi connectivity index (χ0n) is 15.2. The molecule has 0 bridgehead atoms. The smallest absolute Gasteiger partial charge is 0.335 e. The van der Waals surface area contributed by atoms with E-state index in [2.05, 4.69) is 15.3 Å². The summed E-state index contributed by atoms with van der Waals surface area (Å²) in [6.45, 7) is 1.67. The van der Waals surface area contributed by atoms with E-state index >= 15 is 0 Å². The first-order chi connectivity index (χ1) is 13.8. The molecular weight excluding hydrogens is 354 g/mol. The SMILES string of the molecule is O=c1n(-c2ccc(Oc3ccccc3)cc2)c2cncnc2n1[C@@H]1CCNC1. The summed E-state index contributed by atoms with van der Waals surface area (Å²) >= 11 is 0. The van der Waals surface area contributed by atoms with Gasteiger partial charge < -0.3 is 10.1 Å². The van der Waals surface area contributed by atoms with Crippen molar-refractivity contribution in [1.82, 2.24) is 24.4 Å². The number of nitrogens with zero attached hydrogens (tertiary/aromatic N) is 4. The summed E-state index contributed by atoms with van der Waals surface area (Å²) in [5.41, 5.74) is 2.03. The Morgan fingerprint density at radius 3 is 2.57 bits per heavy atom. The van der Waals surface area contributed by atoms with Gasteiger partial charge in [-0.2, -0.15) is 0 Å². The minimum atomic E-state index is -0.0964. The van der Waals surface area contributed by atoms with Crippen molar-refractivity contribution in [2.45, 2.75) is 12.5 Å². The van der Waals surface area contributed by atoms with Crippen LogP contribution in [0.4, 0.5) is 0 Å². The van der Waals surface area contributed by atoms with E-state index in [1.807, 2.05) is 54.6 Å². The Morgan fingerprint density at radius 1 is 1.04 bits per heavy atom. The van der Waals surface area contributed by atoms with Crippen LogP contribution in [0.15, 0.2) is 71.9 Å². The number of ether oxygens (including phenoxy) is 1. The number of para-hydroxylation sites is 1. The highest BCUT2D eigenvalue weighted by Crippen LogP contribution is 2.25. The zero-order valence-corrected chi connectivity index (χ0v) is 15.2. The van der Waals surface area contributed by atoms with Gasteiger partial charge in [0, 0.05) is 6.54 Å². The van der Waals surface area contributed by atoms with Crippen molar-refractivity contribution < 1.29 is 4.74 Å². The molecule has 0 saturated carbocycles. The van der Waals surface area contributed by atoms with Crippen LogP contribution in [0.2, 0.25) is 0 Å². The number of nitrogens with one attached hydrogen (secondary N) is 1. The highest BCUT2D eigenvalue weighted by atomic mass is 16.5. The molecule has 2 aromatic heterocycles. The van der Waals surface area contributed by atoms with Crippen LogP contribution < -0.4 is 15.7 Å². The second kappa shape index (κ2) is 6.94. The maximum absolute atomic E-state index is 13.3. The van der Waals surface area contributed by atoms with Crippen molar-refractivity contribution in [2.24, 2.45) is 0 Å². The molecule has 7 nitrogen and oxygen atoms in total. The molecule has 7 heteroatoms. The van der Waals surface area contributed by atoms with Crippen molar-refractivity contribution in [1.29, 1.82) is 0 Å². The van der Waals surface area contributed by atoms with Crippen LogP contribution >= 0.6 is 0 Å². The van der Waals surface area contributed by atoms with Gasteiger partial charge in [-0.15, -0.1) is 0 Å². The minimum Gasteiger partial charge on any atom is -0.457 e. The molecule has 4 aromatic rings. The number of hydrogen-bond donors (Lipinski definition) is 1. The summed E-state index contributed by atoms with van der Waals surface area (Å²) in [5, 5.41) is 3.31. The van der Waals surface area contributed by atoms with Gasteiger partial charge in [0.25, 0.3) is 0 Å². The van der Waals surface area contributed by atoms with Gasteiger partial charge in [-0.3, -0.25) is 9.13 Å². The maximum Gasteiger partial charge on any atom is 0.335 e. The molecule has 5 rings (SSSR count). The summed E-state index contributed by atoms with van der Waals surface area (Å²) < 4.78 is 9.30. The predicted molar refractivity (Wildman–Crippen MR) is 106 cm³/mol. The molecule has 1 fully saturated rings. The van der Waals surface area contributed by atoms with Crippen LogP contribution in [0.25, 0.3) is 16.9 Å². The van der Waals surface area contributed by atoms with Gasteiger partial charge in [0.1, 0.15) is 23.3 Å². The van der Waals surface area contributed by atoms with Gasteiger partial charge in [0.15, 0.2) is 5.65 Å². The van der Waals surface area contributed by atoms with Gasteiger partial charge in [-0.25, -0.2) is 14.8 Å². The second-order valence-corrected chi connectivity index (χ2v) is 6.78. The van der Waals surface area contributed by atoms with Crippen molar-refractivity contribution >= 4 is 11.2 Å². The standard InChI is InChI=1S/C21H19N5O2/c27-21-25(15-6-8-18(9-7-15)28-17-4-2-1-3-5-17)19-13-23-14-24-20(19)26(21)16-10-11-22-12-16/h1-9,13-14,16,22H,10-12H2/t16-/m1/s1. The highest BCUT2D eigenvalue weighted by Gasteiger charge is 2.24. The average molecular weight is 373 g/mol. The number of hydrogen-bond acceptors (Lipinski definition) is 5. The first-order valence-corrected chi connectivity index (χ1v) is 9.28. The molecule has 0 unspecified atom stereocenters. The van der Waals surface area contributed by atoms with E-state index < -0.39 is 0 Å². The van der Waals surface area contributed by atoms with Gasteiger partial charge in [-0.1, -0.05) is 18.2 Å². The molecule has 140 valence electrons. The molecule has 0 amide bonds. The fourth-order valence-corrected chi connectivity index (χ4v) is 3.69. The molecule has 1 saturated heterocycles. The molecule has 1 aliphatic heterocycles. The first kappa shape index (κ1) is 16.7. The second-order valence-electron chi connectivity index (χ2n) is 6.78. The Hall–Kier alpha value is -3.45. The van der Waals surface area contributed by atoms with Gasteiger partial charge in [0.2, 0.25) is 0 Å². The Balaban J connectivity index is 1.56. The van der Waals surface area contributed by atoms with E-state index in [9.17, 15) is 4.79 Å². The quantitative estimate of drug-likeness (QED) is 0.595. The van der Waals surface area contributed by atoms with E-state index in [1.165, 1.54) is 6.33 Å². The lowest BCUT2D eigenvalue weighted by Crippen LogP contribution is -2.28. The Bertz CT molecular complexity index is 1160. The lowest BCUT2D eigenvalue weighted by atomic mass is 10.2. The third kappa shape index (κ3) is 2.86. The van der Waals surface area contributed by atoms with Crippen LogP contribution in [-0.2, 0) is 0 Å². The molecular formula is C21H19N5O2. The summed E-state index contributed by atoms with van der Waals surface area (Å²) in [7, 11) is 0. The summed E-state index contributed by atoms with van der Waals surface area (Å²) in [4.78, 5) is 21.8. The predicted octanol–water partition coefficient (Wildman–Crippen LogP) is 2.91. The number of benzene rings is 2. The lowest BCUT2D eigenvalue weighted by Gasteiger charge is -2.09.